The Hall–Kier alpha value is -1.56. The number of rotatable bonds is 4. The van der Waals surface area contributed by atoms with E-state index in [0.29, 0.717) is 27.4 Å². The minimum absolute atomic E-state index is 0.180. The van der Waals surface area contributed by atoms with Gasteiger partial charge in [0.1, 0.15) is 18.0 Å². The van der Waals surface area contributed by atoms with Crippen molar-refractivity contribution < 1.29 is 0 Å². The third-order valence-electron chi connectivity index (χ3n) is 3.10. The third kappa shape index (κ3) is 3.37. The van der Waals surface area contributed by atoms with Gasteiger partial charge in [-0.1, -0.05) is 37.0 Å². The zero-order valence-corrected chi connectivity index (χ0v) is 13.5. The Morgan fingerprint density at radius 2 is 1.76 bits per heavy atom. The van der Waals surface area contributed by atoms with E-state index in [9.17, 15) is 0 Å². The number of nitrogen functional groups attached to an aromatic ring is 1. The number of hydrazine groups is 1. The fourth-order valence-corrected chi connectivity index (χ4v) is 2.46. The van der Waals surface area contributed by atoms with Gasteiger partial charge in [0, 0.05) is 10.6 Å². The molecule has 1 aromatic heterocycles. The van der Waals surface area contributed by atoms with E-state index in [0.717, 1.165) is 11.1 Å². The summed E-state index contributed by atoms with van der Waals surface area (Å²) in [6.45, 7) is 5.97. The molecule has 0 aliphatic carbocycles. The Bertz CT molecular complexity index is 658. The van der Waals surface area contributed by atoms with Gasteiger partial charge in [0.2, 0.25) is 0 Å². The molecule has 0 aliphatic rings. The van der Waals surface area contributed by atoms with Gasteiger partial charge in [-0.05, 0) is 30.5 Å². The van der Waals surface area contributed by atoms with Gasteiger partial charge >= 0.3 is 0 Å². The molecule has 2 aromatic rings. The monoisotopic (exact) mass is 325 g/mol. The van der Waals surface area contributed by atoms with Gasteiger partial charge in [0.05, 0.1) is 10.7 Å². The second-order valence-corrected chi connectivity index (χ2v) is 5.80. The first-order valence-corrected chi connectivity index (χ1v) is 7.23. The minimum Gasteiger partial charge on any atom is -0.339 e. The predicted octanol–water partition coefficient (Wildman–Crippen LogP) is 4.24. The molecule has 112 valence electrons. The largest absolute Gasteiger partial charge is 0.339 e. The number of hydrogen-bond donors (Lipinski definition) is 3. The van der Waals surface area contributed by atoms with Crippen LogP contribution in [0.3, 0.4) is 0 Å². The molecule has 1 aromatic carbocycles. The quantitative estimate of drug-likeness (QED) is 0.578. The standard InChI is InChI=1S/C14H17Cl2N5/c1-7(2)12-13(18-6-19-14(12)21-17)20-11-5-9(15)8(3)4-10(11)16/h4-7H,17H2,1-3H3,(H2,18,19,20,21). The van der Waals surface area contributed by atoms with Gasteiger partial charge < -0.3 is 10.7 Å². The van der Waals surface area contributed by atoms with E-state index in [2.05, 4.69) is 20.7 Å². The van der Waals surface area contributed by atoms with Crippen LogP contribution < -0.4 is 16.6 Å². The van der Waals surface area contributed by atoms with Crippen molar-refractivity contribution in [1.82, 2.24) is 9.97 Å². The topological polar surface area (TPSA) is 75.9 Å². The number of halogens is 2. The van der Waals surface area contributed by atoms with Crippen LogP contribution in [0.5, 0.6) is 0 Å². The highest BCUT2D eigenvalue weighted by Crippen LogP contribution is 2.34. The van der Waals surface area contributed by atoms with E-state index in [-0.39, 0.29) is 5.92 Å². The van der Waals surface area contributed by atoms with Gasteiger partial charge in [0.15, 0.2) is 0 Å². The smallest absolute Gasteiger partial charge is 0.148 e. The summed E-state index contributed by atoms with van der Waals surface area (Å²) in [5, 5.41) is 4.42. The number of aromatic nitrogens is 2. The van der Waals surface area contributed by atoms with Gasteiger partial charge in [-0.3, -0.25) is 0 Å². The average Bonchev–Trinajstić information content (AvgIpc) is 2.44. The van der Waals surface area contributed by atoms with E-state index < -0.39 is 0 Å². The molecule has 7 heteroatoms. The minimum atomic E-state index is 0.180. The summed E-state index contributed by atoms with van der Waals surface area (Å²) in [6.07, 6.45) is 1.44. The summed E-state index contributed by atoms with van der Waals surface area (Å²) in [7, 11) is 0. The molecular weight excluding hydrogens is 309 g/mol. The molecule has 5 nitrogen and oxygen atoms in total. The lowest BCUT2D eigenvalue weighted by molar-refractivity contribution is 0.850. The highest BCUT2D eigenvalue weighted by molar-refractivity contribution is 6.35. The van der Waals surface area contributed by atoms with Gasteiger partial charge in [-0.25, -0.2) is 15.8 Å². The molecule has 2 rings (SSSR count). The van der Waals surface area contributed by atoms with Crippen molar-refractivity contribution in [3.05, 3.63) is 39.6 Å². The third-order valence-corrected chi connectivity index (χ3v) is 3.82. The van der Waals surface area contributed by atoms with Crippen LogP contribution in [0.15, 0.2) is 18.5 Å². The van der Waals surface area contributed by atoms with Gasteiger partial charge in [-0.2, -0.15) is 0 Å². The van der Waals surface area contributed by atoms with Crippen molar-refractivity contribution in [2.24, 2.45) is 5.84 Å². The summed E-state index contributed by atoms with van der Waals surface area (Å²) in [6, 6.07) is 3.59. The van der Waals surface area contributed by atoms with E-state index in [4.69, 9.17) is 29.0 Å². The van der Waals surface area contributed by atoms with Crippen LogP contribution in [0.4, 0.5) is 17.3 Å². The molecule has 0 saturated heterocycles. The molecule has 1 heterocycles. The fraction of sp³-hybridized carbons (Fsp3) is 0.286. The molecule has 0 amide bonds. The zero-order valence-electron chi connectivity index (χ0n) is 12.0. The lowest BCUT2D eigenvalue weighted by Gasteiger charge is -2.17. The van der Waals surface area contributed by atoms with E-state index in [1.165, 1.54) is 6.33 Å². The number of nitrogens with two attached hydrogens (primary N) is 1. The summed E-state index contributed by atoms with van der Waals surface area (Å²) in [5.74, 6) is 6.92. The van der Waals surface area contributed by atoms with Crippen LogP contribution in [0.25, 0.3) is 0 Å². The Balaban J connectivity index is 2.47. The zero-order chi connectivity index (χ0) is 15.6. The maximum absolute atomic E-state index is 6.25. The van der Waals surface area contributed by atoms with E-state index in [1.54, 1.807) is 6.07 Å². The number of aryl methyl sites for hydroxylation is 1. The van der Waals surface area contributed by atoms with Gasteiger partial charge in [0.25, 0.3) is 0 Å². The molecule has 21 heavy (non-hydrogen) atoms. The summed E-state index contributed by atoms with van der Waals surface area (Å²) in [4.78, 5) is 8.41. The Kier molecular flexibility index (Phi) is 4.88. The molecule has 4 N–H and O–H groups in total. The maximum Gasteiger partial charge on any atom is 0.148 e. The Morgan fingerprint density at radius 3 is 2.38 bits per heavy atom. The highest BCUT2D eigenvalue weighted by atomic mass is 35.5. The second kappa shape index (κ2) is 6.47. The van der Waals surface area contributed by atoms with Crippen LogP contribution in [0.1, 0.15) is 30.9 Å². The summed E-state index contributed by atoms with van der Waals surface area (Å²) >= 11 is 12.4. The summed E-state index contributed by atoms with van der Waals surface area (Å²) in [5.41, 5.74) is 5.08. The molecule has 0 atom stereocenters. The van der Waals surface area contributed by atoms with Crippen molar-refractivity contribution in [3.63, 3.8) is 0 Å². The number of anilines is 3. The second-order valence-electron chi connectivity index (χ2n) is 4.99. The SMILES string of the molecule is Cc1cc(Cl)c(Nc2ncnc(NN)c2C(C)C)cc1Cl. The molecule has 0 radical (unpaired) electrons. The van der Waals surface area contributed by atoms with Crippen LogP contribution in [0, 0.1) is 6.92 Å². The lowest BCUT2D eigenvalue weighted by Crippen LogP contribution is -2.14. The lowest BCUT2D eigenvalue weighted by atomic mass is 10.0. The molecule has 0 aliphatic heterocycles. The van der Waals surface area contributed by atoms with E-state index >= 15 is 0 Å². The van der Waals surface area contributed by atoms with Crippen molar-refractivity contribution >= 4 is 40.5 Å². The fourth-order valence-electron chi connectivity index (χ4n) is 2.03. The highest BCUT2D eigenvalue weighted by Gasteiger charge is 2.16. The van der Waals surface area contributed by atoms with Gasteiger partial charge in [-0.15, -0.1) is 0 Å². The number of benzene rings is 1. The first-order valence-electron chi connectivity index (χ1n) is 6.48. The average molecular weight is 326 g/mol. The van der Waals surface area contributed by atoms with Crippen LogP contribution >= 0.6 is 23.2 Å². The van der Waals surface area contributed by atoms with Crippen molar-refractivity contribution in [1.29, 1.82) is 0 Å². The number of nitrogens with zero attached hydrogens (tertiary/aromatic N) is 2. The van der Waals surface area contributed by atoms with Crippen molar-refractivity contribution in [3.8, 4) is 0 Å². The molecule has 0 fully saturated rings. The van der Waals surface area contributed by atoms with Crippen LogP contribution in [0.2, 0.25) is 10.0 Å². The molecule has 0 unspecified atom stereocenters. The van der Waals surface area contributed by atoms with Crippen molar-refractivity contribution in [2.75, 3.05) is 10.7 Å². The predicted molar refractivity (Wildman–Crippen MR) is 88.4 cm³/mol. The number of hydrogen-bond acceptors (Lipinski definition) is 5. The molecule has 0 saturated carbocycles. The molecule has 0 bridgehead atoms. The van der Waals surface area contributed by atoms with Crippen molar-refractivity contribution in [2.45, 2.75) is 26.7 Å². The molecule has 0 spiro atoms. The van der Waals surface area contributed by atoms with Crippen LogP contribution in [-0.2, 0) is 0 Å². The first-order chi connectivity index (χ1) is 9.93. The Morgan fingerprint density at radius 1 is 1.10 bits per heavy atom. The summed E-state index contributed by atoms with van der Waals surface area (Å²) < 4.78 is 0. The van der Waals surface area contributed by atoms with Crippen LogP contribution in [-0.4, -0.2) is 9.97 Å². The van der Waals surface area contributed by atoms with E-state index in [1.807, 2.05) is 26.8 Å². The molecular formula is C14H17Cl2N5. The maximum atomic E-state index is 6.25. The number of nitrogens with one attached hydrogen (secondary N) is 2. The normalized spacial score (nSPS) is 10.8. The first kappa shape index (κ1) is 15.8. The Labute approximate surface area is 133 Å².